The molecule has 1 saturated carbocycles. The summed E-state index contributed by atoms with van der Waals surface area (Å²) in [5.74, 6) is -0.489. The third kappa shape index (κ3) is 32.4. The maximum atomic E-state index is 12.8. The molecule has 1 aliphatic carbocycles. The van der Waals surface area contributed by atoms with Gasteiger partial charge in [0.25, 0.3) is 0 Å². The summed E-state index contributed by atoms with van der Waals surface area (Å²) < 4.78 is 34.2. The number of allylic oxidation sites excluding steroid dienone is 10. The fourth-order valence-electron chi connectivity index (χ4n) is 7.26. The zero-order valence-corrected chi connectivity index (χ0v) is 40.0. The summed E-state index contributed by atoms with van der Waals surface area (Å²) in [5.41, 5.74) is 0. The second-order valence-corrected chi connectivity index (χ2v) is 18.3. The highest BCUT2D eigenvalue weighted by Crippen LogP contribution is 2.47. The van der Waals surface area contributed by atoms with Crippen molar-refractivity contribution in [3.63, 3.8) is 0 Å². The third-order valence-corrected chi connectivity index (χ3v) is 12.1. The van der Waals surface area contributed by atoms with E-state index in [1.54, 1.807) is 0 Å². The van der Waals surface area contributed by atoms with Gasteiger partial charge in [0.15, 0.2) is 0 Å². The van der Waals surface area contributed by atoms with Crippen LogP contribution in [0.2, 0.25) is 0 Å². The summed E-state index contributed by atoms with van der Waals surface area (Å²) in [6.45, 7) is 4.14. The molecule has 6 atom stereocenters. The van der Waals surface area contributed by atoms with Crippen molar-refractivity contribution in [1.82, 2.24) is 0 Å². The zero-order chi connectivity index (χ0) is 46.2. The minimum Gasteiger partial charge on any atom is -0.457 e. The van der Waals surface area contributed by atoms with E-state index in [9.17, 15) is 39.8 Å². The summed E-state index contributed by atoms with van der Waals surface area (Å²) in [6, 6.07) is 0. The number of ether oxygens (including phenoxy) is 2. The van der Waals surface area contributed by atoms with E-state index in [4.69, 9.17) is 18.5 Å². The Morgan fingerprint density at radius 3 is 1.43 bits per heavy atom. The topological polar surface area (TPSA) is 192 Å². The van der Waals surface area contributed by atoms with Crippen LogP contribution in [0.25, 0.3) is 0 Å². The summed E-state index contributed by atoms with van der Waals surface area (Å²) in [5, 5.41) is 50.2. The number of unbranched alkanes of at least 4 members (excludes halogenated alkanes) is 19. The Hall–Kier alpha value is -1.96. The molecule has 0 bridgehead atoms. The fraction of sp³-hybridized carbons (Fsp3) is 0.780. The van der Waals surface area contributed by atoms with E-state index in [-0.39, 0.29) is 13.0 Å². The van der Waals surface area contributed by atoms with Gasteiger partial charge in [0.05, 0.1) is 13.2 Å². The van der Waals surface area contributed by atoms with Crippen molar-refractivity contribution >= 4 is 13.8 Å². The predicted octanol–water partition coefficient (Wildman–Crippen LogP) is 10.6. The molecular weight excluding hydrogens is 824 g/mol. The summed E-state index contributed by atoms with van der Waals surface area (Å²) in [7, 11) is -5.02. The Morgan fingerprint density at radius 2 is 0.937 bits per heavy atom. The lowest BCUT2D eigenvalue weighted by Gasteiger charge is -2.41. The highest BCUT2D eigenvalue weighted by atomic mass is 31.2. The molecule has 1 rings (SSSR count). The van der Waals surface area contributed by atoms with Gasteiger partial charge >= 0.3 is 13.8 Å². The minimum absolute atomic E-state index is 0.0814. The quantitative estimate of drug-likeness (QED) is 0.0147. The Morgan fingerprint density at radius 1 is 0.524 bits per heavy atom. The van der Waals surface area contributed by atoms with E-state index < -0.39 is 63.1 Å². The average Bonchev–Trinajstić information content (AvgIpc) is 3.27. The maximum absolute atomic E-state index is 12.8. The molecule has 6 unspecified atom stereocenters. The highest BCUT2D eigenvalue weighted by Gasteiger charge is 2.51. The van der Waals surface area contributed by atoms with Crippen molar-refractivity contribution in [3.05, 3.63) is 60.8 Å². The van der Waals surface area contributed by atoms with E-state index in [2.05, 4.69) is 74.6 Å². The van der Waals surface area contributed by atoms with Gasteiger partial charge in [-0.1, -0.05) is 184 Å². The number of aliphatic hydroxyl groups excluding tert-OH is 5. The second-order valence-electron chi connectivity index (χ2n) is 16.9. The third-order valence-electron chi connectivity index (χ3n) is 11.2. The largest absolute Gasteiger partial charge is 0.472 e. The van der Waals surface area contributed by atoms with E-state index in [0.717, 1.165) is 96.3 Å². The van der Waals surface area contributed by atoms with Crippen LogP contribution in [0.1, 0.15) is 187 Å². The monoisotopic (exact) mass is 913 g/mol. The molecule has 0 aromatic carbocycles. The Bertz CT molecular complexity index is 1270. The molecule has 12 nitrogen and oxygen atoms in total. The number of phosphoric ester groups is 1. The van der Waals surface area contributed by atoms with Gasteiger partial charge in [-0.15, -0.1) is 0 Å². The summed E-state index contributed by atoms with van der Waals surface area (Å²) in [6.07, 6.45) is 38.5. The van der Waals surface area contributed by atoms with E-state index in [1.807, 2.05) is 0 Å². The molecule has 13 heteroatoms. The molecule has 63 heavy (non-hydrogen) atoms. The number of hydrogen-bond donors (Lipinski definition) is 6. The molecule has 0 aromatic rings. The highest BCUT2D eigenvalue weighted by molar-refractivity contribution is 7.47. The van der Waals surface area contributed by atoms with Crippen molar-refractivity contribution in [3.8, 4) is 0 Å². The summed E-state index contributed by atoms with van der Waals surface area (Å²) in [4.78, 5) is 23.2. The lowest BCUT2D eigenvalue weighted by atomic mass is 9.85. The van der Waals surface area contributed by atoms with Crippen molar-refractivity contribution in [2.45, 2.75) is 230 Å². The van der Waals surface area contributed by atoms with Crippen LogP contribution in [-0.4, -0.2) is 98.9 Å². The smallest absolute Gasteiger partial charge is 0.457 e. The van der Waals surface area contributed by atoms with Crippen molar-refractivity contribution < 1.29 is 58.3 Å². The Kier molecular flexibility index (Phi) is 37.8. The van der Waals surface area contributed by atoms with E-state index in [0.29, 0.717) is 13.0 Å². The first-order valence-corrected chi connectivity index (χ1v) is 26.1. The van der Waals surface area contributed by atoms with Crippen LogP contribution in [-0.2, 0) is 27.9 Å². The molecule has 0 aliphatic heterocycles. The van der Waals surface area contributed by atoms with Gasteiger partial charge in [-0.25, -0.2) is 4.57 Å². The van der Waals surface area contributed by atoms with Crippen LogP contribution in [0.5, 0.6) is 0 Å². The van der Waals surface area contributed by atoms with E-state index in [1.165, 1.54) is 64.2 Å². The number of aliphatic hydroxyl groups is 5. The molecule has 0 aromatic heterocycles. The molecule has 366 valence electrons. The second kappa shape index (κ2) is 40.3. The molecular formula is C50H89O12P. The van der Waals surface area contributed by atoms with Crippen molar-refractivity contribution in [2.75, 3.05) is 19.8 Å². The van der Waals surface area contributed by atoms with Crippen molar-refractivity contribution in [2.24, 2.45) is 0 Å². The Balaban J connectivity index is 2.35. The first kappa shape index (κ1) is 59.1. The standard InChI is InChI=1S/C50H89O12P/c1-3-5-7-9-11-13-15-17-18-19-20-21-22-23-24-25-26-27-29-31-33-35-37-39-44(51)61-43(41-59-40-38-36-34-32-30-28-16-14-12-10-8-6-4-2)42-60-63(57,58)62-50-48(55)46(53)45(52)47(54)49(50)56/h5,7,11,13,17-18,20-21,23-24,43,45-50,52-56H,3-4,6,8-10,12,14-16,19,22,25-42H2,1-2H3,(H,57,58)/b7-5-,13-11-,18-17-,21-20-,24-23-. The van der Waals surface area contributed by atoms with Crippen LogP contribution in [0.4, 0.5) is 0 Å². The lowest BCUT2D eigenvalue weighted by Crippen LogP contribution is -2.64. The van der Waals surface area contributed by atoms with Gasteiger partial charge in [0.1, 0.15) is 42.7 Å². The number of carbonyl (C=O) groups is 1. The molecule has 6 N–H and O–H groups in total. The predicted molar refractivity (Wildman–Crippen MR) is 253 cm³/mol. The molecule has 0 heterocycles. The SMILES string of the molecule is CC/C=C\C/C=C\C/C=C\C/C=C\C/C=C\CCCCCCCCCC(=O)OC(COCCCCCCCCCCCCCCC)COP(=O)(O)OC1C(O)C(O)C(O)C(O)C1O. The van der Waals surface area contributed by atoms with Crippen molar-refractivity contribution in [1.29, 1.82) is 0 Å². The number of esters is 1. The van der Waals surface area contributed by atoms with Gasteiger partial charge in [-0.3, -0.25) is 13.8 Å². The zero-order valence-electron chi connectivity index (χ0n) is 39.1. The first-order valence-electron chi connectivity index (χ1n) is 24.6. The molecule has 0 radical (unpaired) electrons. The van der Waals surface area contributed by atoms with Gasteiger partial charge < -0.3 is 39.9 Å². The minimum atomic E-state index is -5.02. The number of phosphoric acid groups is 1. The number of carbonyl (C=O) groups excluding carboxylic acids is 1. The van der Waals surface area contributed by atoms with Gasteiger partial charge in [-0.2, -0.15) is 0 Å². The molecule has 0 amide bonds. The first-order chi connectivity index (χ1) is 30.5. The van der Waals surface area contributed by atoms with Crippen LogP contribution >= 0.6 is 7.82 Å². The van der Waals surface area contributed by atoms with Crippen LogP contribution in [0.15, 0.2) is 60.8 Å². The summed E-state index contributed by atoms with van der Waals surface area (Å²) >= 11 is 0. The normalized spacial score (nSPS) is 22.3. The fourth-order valence-corrected chi connectivity index (χ4v) is 8.24. The lowest BCUT2D eigenvalue weighted by molar-refractivity contribution is -0.220. The van der Waals surface area contributed by atoms with Gasteiger partial charge in [-0.05, 0) is 57.8 Å². The van der Waals surface area contributed by atoms with E-state index >= 15 is 0 Å². The molecule has 1 fully saturated rings. The molecule has 0 spiro atoms. The average molecular weight is 913 g/mol. The van der Waals surface area contributed by atoms with Crippen LogP contribution < -0.4 is 0 Å². The van der Waals surface area contributed by atoms with Gasteiger partial charge in [0.2, 0.25) is 0 Å². The maximum Gasteiger partial charge on any atom is 0.472 e. The van der Waals surface area contributed by atoms with Crippen LogP contribution in [0.3, 0.4) is 0 Å². The number of rotatable bonds is 41. The number of hydrogen-bond acceptors (Lipinski definition) is 11. The molecule has 1 aliphatic rings. The van der Waals surface area contributed by atoms with Crippen LogP contribution in [0, 0.1) is 0 Å². The Labute approximate surface area is 381 Å². The van der Waals surface area contributed by atoms with Gasteiger partial charge in [0, 0.05) is 13.0 Å². The molecule has 0 saturated heterocycles.